The zero-order valence-electron chi connectivity index (χ0n) is 11.3. The maximum Gasteiger partial charge on any atom is 0.250 e. The number of carbonyl (C=O) groups excluding carboxylic acids is 1. The quantitative estimate of drug-likeness (QED) is 0.642. The summed E-state index contributed by atoms with van der Waals surface area (Å²) in [6.07, 6.45) is 4.78. The van der Waals surface area contributed by atoms with E-state index in [1.807, 2.05) is 19.1 Å². The fraction of sp³-hybridized carbons (Fsp3) is 0.125. The van der Waals surface area contributed by atoms with Crippen molar-refractivity contribution in [2.45, 2.75) is 6.92 Å². The van der Waals surface area contributed by atoms with Crippen molar-refractivity contribution in [1.29, 1.82) is 0 Å². The number of nitrogens with zero attached hydrogens (tertiary/aromatic N) is 1. The van der Waals surface area contributed by atoms with Gasteiger partial charge >= 0.3 is 0 Å². The first-order valence-corrected chi connectivity index (χ1v) is 6.50. The Morgan fingerprint density at radius 1 is 1.25 bits per heavy atom. The number of rotatable bonds is 3. The van der Waals surface area contributed by atoms with Crippen LogP contribution in [-0.4, -0.2) is 10.4 Å². The molecule has 0 N–H and O–H groups in total. The number of hydrogen-bond acceptors (Lipinski definition) is 2. The second-order valence-electron chi connectivity index (χ2n) is 4.57. The molecule has 0 bridgehead atoms. The first-order valence-electron chi connectivity index (χ1n) is 6.12. The van der Waals surface area contributed by atoms with Crippen molar-refractivity contribution in [3.63, 3.8) is 0 Å². The zero-order valence-corrected chi connectivity index (χ0v) is 12.0. The lowest BCUT2D eigenvalue weighted by molar-refractivity contribution is 0.104. The van der Waals surface area contributed by atoms with Gasteiger partial charge in [-0.05, 0) is 42.3 Å². The van der Waals surface area contributed by atoms with E-state index >= 15 is 0 Å². The van der Waals surface area contributed by atoms with Crippen LogP contribution in [0.2, 0.25) is 5.02 Å². The van der Waals surface area contributed by atoms with E-state index < -0.39 is 0 Å². The lowest BCUT2D eigenvalue weighted by Gasteiger charge is -2.01. The lowest BCUT2D eigenvalue weighted by atomic mass is 10.1. The number of benzene rings is 1. The van der Waals surface area contributed by atoms with E-state index in [4.69, 9.17) is 11.6 Å². The number of ketones is 1. The normalized spacial score (nSPS) is 10.9. The first kappa shape index (κ1) is 14.3. The van der Waals surface area contributed by atoms with Crippen LogP contribution in [0.15, 0.2) is 47.4 Å². The van der Waals surface area contributed by atoms with Crippen molar-refractivity contribution in [1.82, 2.24) is 4.57 Å². The molecular weight excluding hydrogens is 274 g/mol. The SMILES string of the molecule is Cc1cc(Cl)ccc1/C=C/C(=O)c1ccc(=O)n(C)c1. The molecule has 1 heterocycles. The topological polar surface area (TPSA) is 39.1 Å². The number of hydrogen-bond donors (Lipinski definition) is 0. The number of pyridine rings is 1. The maximum absolute atomic E-state index is 12.0. The van der Waals surface area contributed by atoms with Crippen LogP contribution in [-0.2, 0) is 7.05 Å². The highest BCUT2D eigenvalue weighted by molar-refractivity contribution is 6.30. The monoisotopic (exact) mass is 287 g/mol. The highest BCUT2D eigenvalue weighted by Crippen LogP contribution is 2.16. The third kappa shape index (κ3) is 3.25. The van der Waals surface area contributed by atoms with E-state index in [9.17, 15) is 9.59 Å². The molecule has 0 aliphatic carbocycles. The molecule has 0 fully saturated rings. The Labute approximate surface area is 122 Å². The maximum atomic E-state index is 12.0. The van der Waals surface area contributed by atoms with Gasteiger partial charge in [0.25, 0.3) is 0 Å². The Kier molecular flexibility index (Phi) is 4.20. The fourth-order valence-electron chi connectivity index (χ4n) is 1.83. The molecule has 0 saturated carbocycles. The number of allylic oxidation sites excluding steroid dienone is 1. The van der Waals surface area contributed by atoms with Crippen molar-refractivity contribution < 1.29 is 4.79 Å². The molecule has 0 aliphatic rings. The lowest BCUT2D eigenvalue weighted by Crippen LogP contribution is -2.15. The average molecular weight is 288 g/mol. The van der Waals surface area contributed by atoms with E-state index in [0.717, 1.165) is 11.1 Å². The Bertz CT molecular complexity index is 744. The molecule has 4 heteroatoms. The smallest absolute Gasteiger partial charge is 0.250 e. The molecule has 20 heavy (non-hydrogen) atoms. The summed E-state index contributed by atoms with van der Waals surface area (Å²) < 4.78 is 1.38. The number of halogens is 1. The molecule has 102 valence electrons. The Morgan fingerprint density at radius 2 is 2.00 bits per heavy atom. The largest absolute Gasteiger partial charge is 0.318 e. The molecule has 2 rings (SSSR count). The fourth-order valence-corrected chi connectivity index (χ4v) is 2.05. The van der Waals surface area contributed by atoms with Crippen LogP contribution in [0, 0.1) is 6.92 Å². The van der Waals surface area contributed by atoms with Gasteiger partial charge in [-0.25, -0.2) is 0 Å². The van der Waals surface area contributed by atoms with Crippen molar-refractivity contribution in [2.24, 2.45) is 7.05 Å². The molecule has 0 saturated heterocycles. The molecule has 2 aromatic rings. The van der Waals surface area contributed by atoms with Gasteiger partial charge in [0.15, 0.2) is 5.78 Å². The number of aryl methyl sites for hydroxylation is 2. The highest BCUT2D eigenvalue weighted by atomic mass is 35.5. The Balaban J connectivity index is 2.24. The minimum Gasteiger partial charge on any atom is -0.318 e. The molecule has 0 atom stereocenters. The van der Waals surface area contributed by atoms with Gasteiger partial charge in [0.05, 0.1) is 0 Å². The van der Waals surface area contributed by atoms with Gasteiger partial charge in [-0.3, -0.25) is 9.59 Å². The van der Waals surface area contributed by atoms with Gasteiger partial charge in [0, 0.05) is 29.9 Å². The Hall–Kier alpha value is -2.13. The van der Waals surface area contributed by atoms with Crippen molar-refractivity contribution in [3.05, 3.63) is 74.7 Å². The van der Waals surface area contributed by atoms with Crippen molar-refractivity contribution in [2.75, 3.05) is 0 Å². The van der Waals surface area contributed by atoms with Crippen LogP contribution >= 0.6 is 11.6 Å². The van der Waals surface area contributed by atoms with E-state index in [2.05, 4.69) is 0 Å². The summed E-state index contributed by atoms with van der Waals surface area (Å²) in [7, 11) is 1.62. The summed E-state index contributed by atoms with van der Waals surface area (Å²) >= 11 is 5.88. The number of aromatic nitrogens is 1. The molecule has 1 aromatic heterocycles. The second kappa shape index (κ2) is 5.88. The molecule has 0 spiro atoms. The molecule has 0 aliphatic heterocycles. The number of carbonyl (C=O) groups is 1. The summed E-state index contributed by atoms with van der Waals surface area (Å²) in [5.41, 5.74) is 2.28. The predicted octanol–water partition coefficient (Wildman–Crippen LogP) is 3.24. The van der Waals surface area contributed by atoms with Crippen LogP contribution in [0.4, 0.5) is 0 Å². The van der Waals surface area contributed by atoms with Crippen LogP contribution in [0.25, 0.3) is 6.08 Å². The van der Waals surface area contributed by atoms with Crippen molar-refractivity contribution >= 4 is 23.5 Å². The van der Waals surface area contributed by atoms with E-state index in [0.29, 0.717) is 10.6 Å². The molecule has 0 unspecified atom stereocenters. The summed E-state index contributed by atoms with van der Waals surface area (Å²) in [4.78, 5) is 23.3. The molecular formula is C16H14ClNO2. The van der Waals surface area contributed by atoms with Gasteiger partial charge in [-0.2, -0.15) is 0 Å². The molecule has 0 amide bonds. The standard InChI is InChI=1S/C16H14ClNO2/c1-11-9-14(17)6-3-12(11)4-7-15(19)13-5-8-16(20)18(2)10-13/h3-10H,1-2H3/b7-4+. The second-order valence-corrected chi connectivity index (χ2v) is 5.00. The first-order chi connectivity index (χ1) is 9.47. The van der Waals surface area contributed by atoms with Crippen LogP contribution in [0.1, 0.15) is 21.5 Å². The molecule has 1 aromatic carbocycles. The van der Waals surface area contributed by atoms with Gasteiger partial charge < -0.3 is 4.57 Å². The minimum absolute atomic E-state index is 0.140. The summed E-state index contributed by atoms with van der Waals surface area (Å²) in [6.45, 7) is 1.93. The van der Waals surface area contributed by atoms with E-state index in [1.165, 1.54) is 29.0 Å². The Morgan fingerprint density at radius 3 is 2.65 bits per heavy atom. The van der Waals surface area contributed by atoms with Gasteiger partial charge in [-0.15, -0.1) is 0 Å². The van der Waals surface area contributed by atoms with Crippen molar-refractivity contribution in [3.8, 4) is 0 Å². The third-order valence-electron chi connectivity index (χ3n) is 3.02. The molecule has 0 radical (unpaired) electrons. The zero-order chi connectivity index (χ0) is 14.7. The summed E-state index contributed by atoms with van der Waals surface area (Å²) in [5.74, 6) is -0.144. The van der Waals surface area contributed by atoms with Gasteiger partial charge in [-0.1, -0.05) is 23.7 Å². The van der Waals surface area contributed by atoms with E-state index in [1.54, 1.807) is 19.2 Å². The predicted molar refractivity (Wildman–Crippen MR) is 81.2 cm³/mol. The average Bonchev–Trinajstić information content (AvgIpc) is 2.40. The van der Waals surface area contributed by atoms with Crippen LogP contribution < -0.4 is 5.56 Å². The van der Waals surface area contributed by atoms with E-state index in [-0.39, 0.29) is 11.3 Å². The highest BCUT2D eigenvalue weighted by Gasteiger charge is 2.03. The summed E-state index contributed by atoms with van der Waals surface area (Å²) in [5, 5.41) is 0.670. The van der Waals surface area contributed by atoms with Gasteiger partial charge in [0.2, 0.25) is 5.56 Å². The minimum atomic E-state index is -0.144. The summed E-state index contributed by atoms with van der Waals surface area (Å²) in [6, 6.07) is 8.41. The third-order valence-corrected chi connectivity index (χ3v) is 3.25. The molecule has 3 nitrogen and oxygen atoms in total. The van der Waals surface area contributed by atoms with Crippen LogP contribution in [0.5, 0.6) is 0 Å². The van der Waals surface area contributed by atoms with Gasteiger partial charge in [0.1, 0.15) is 0 Å². The van der Waals surface area contributed by atoms with Crippen LogP contribution in [0.3, 0.4) is 0 Å².